The summed E-state index contributed by atoms with van der Waals surface area (Å²) in [4.78, 5) is 12.3. The molecule has 0 saturated carbocycles. The second kappa shape index (κ2) is 8.15. The van der Waals surface area contributed by atoms with E-state index in [4.69, 9.17) is 21.1 Å². The molecule has 0 amide bonds. The lowest BCUT2D eigenvalue weighted by Crippen LogP contribution is -2.45. The van der Waals surface area contributed by atoms with E-state index in [1.165, 1.54) is 0 Å². The van der Waals surface area contributed by atoms with Crippen molar-refractivity contribution in [1.82, 2.24) is 0 Å². The molecule has 0 aliphatic heterocycles. The smallest absolute Gasteiger partial charge is 0.350 e. The number of rotatable bonds is 8. The highest BCUT2D eigenvalue weighted by Crippen LogP contribution is 2.29. The van der Waals surface area contributed by atoms with Gasteiger partial charge >= 0.3 is 5.97 Å². The van der Waals surface area contributed by atoms with E-state index in [-0.39, 0.29) is 5.97 Å². The largest absolute Gasteiger partial charge is 0.476 e. The van der Waals surface area contributed by atoms with Crippen LogP contribution >= 0.6 is 11.6 Å². The minimum Gasteiger partial charge on any atom is -0.476 e. The average Bonchev–Trinajstić information content (AvgIpc) is 2.42. The van der Waals surface area contributed by atoms with Gasteiger partial charge in [0, 0.05) is 5.02 Å². The van der Waals surface area contributed by atoms with Crippen molar-refractivity contribution in [3.63, 3.8) is 0 Å². The van der Waals surface area contributed by atoms with Crippen LogP contribution in [0.4, 0.5) is 0 Å². The molecule has 0 aromatic heterocycles. The Morgan fingerprint density at radius 3 is 2.10 bits per heavy atom. The summed E-state index contributed by atoms with van der Waals surface area (Å²) in [6.07, 6.45) is 2.99. The molecule has 0 saturated heterocycles. The number of esters is 1. The maximum atomic E-state index is 12.3. The third-order valence-electron chi connectivity index (χ3n) is 3.08. The molecule has 0 aliphatic rings. The van der Waals surface area contributed by atoms with Crippen molar-refractivity contribution in [2.45, 2.75) is 52.1 Å². The van der Waals surface area contributed by atoms with E-state index in [2.05, 4.69) is 0 Å². The van der Waals surface area contributed by atoms with Crippen molar-refractivity contribution in [2.24, 2.45) is 0 Å². The molecule has 3 nitrogen and oxygen atoms in total. The van der Waals surface area contributed by atoms with Gasteiger partial charge in [-0.1, -0.05) is 38.3 Å². The Morgan fingerprint density at radius 2 is 1.65 bits per heavy atom. The van der Waals surface area contributed by atoms with E-state index in [0.717, 1.165) is 12.8 Å². The fraction of sp³-hybridized carbons (Fsp3) is 0.562. The third kappa shape index (κ3) is 4.41. The fourth-order valence-electron chi connectivity index (χ4n) is 2.27. The fourth-order valence-corrected chi connectivity index (χ4v) is 2.40. The van der Waals surface area contributed by atoms with Crippen LogP contribution in [0.3, 0.4) is 0 Å². The van der Waals surface area contributed by atoms with Gasteiger partial charge in [0.15, 0.2) is 0 Å². The summed E-state index contributed by atoms with van der Waals surface area (Å²) in [7, 11) is 0. The minimum absolute atomic E-state index is 0.279. The molecular formula is C16H23ClO3. The molecule has 0 spiro atoms. The minimum atomic E-state index is -0.895. The van der Waals surface area contributed by atoms with E-state index in [1.807, 2.05) is 20.8 Å². The summed E-state index contributed by atoms with van der Waals surface area (Å²) < 4.78 is 11.2. The molecule has 0 heterocycles. The van der Waals surface area contributed by atoms with Crippen LogP contribution in [0.5, 0.6) is 5.75 Å². The quantitative estimate of drug-likeness (QED) is 0.657. The molecule has 0 atom stereocenters. The lowest BCUT2D eigenvalue weighted by atomic mass is 9.92. The highest BCUT2D eigenvalue weighted by atomic mass is 35.5. The molecule has 112 valence electrons. The first-order chi connectivity index (χ1) is 9.57. The summed E-state index contributed by atoms with van der Waals surface area (Å²) >= 11 is 5.87. The highest BCUT2D eigenvalue weighted by Gasteiger charge is 2.40. The number of carbonyl (C=O) groups excluding carboxylic acids is 1. The van der Waals surface area contributed by atoms with Gasteiger partial charge in [-0.15, -0.1) is 0 Å². The zero-order valence-corrected chi connectivity index (χ0v) is 13.2. The first-order valence-electron chi connectivity index (χ1n) is 7.19. The van der Waals surface area contributed by atoms with Crippen LogP contribution in [-0.2, 0) is 9.53 Å². The Morgan fingerprint density at radius 1 is 1.10 bits per heavy atom. The number of carbonyl (C=O) groups is 1. The van der Waals surface area contributed by atoms with Gasteiger partial charge in [0.1, 0.15) is 5.75 Å². The van der Waals surface area contributed by atoms with Crippen molar-refractivity contribution in [3.05, 3.63) is 29.3 Å². The van der Waals surface area contributed by atoms with Crippen LogP contribution in [0.2, 0.25) is 5.02 Å². The number of benzene rings is 1. The van der Waals surface area contributed by atoms with Crippen molar-refractivity contribution in [1.29, 1.82) is 0 Å². The maximum absolute atomic E-state index is 12.3. The first-order valence-corrected chi connectivity index (χ1v) is 7.57. The lowest BCUT2D eigenvalue weighted by Gasteiger charge is -2.31. The molecule has 1 aromatic carbocycles. The maximum Gasteiger partial charge on any atom is 0.350 e. The molecule has 1 rings (SSSR count). The average molecular weight is 299 g/mol. The molecule has 0 radical (unpaired) electrons. The van der Waals surface area contributed by atoms with Gasteiger partial charge in [0.05, 0.1) is 6.61 Å². The predicted octanol–water partition coefficient (Wildman–Crippen LogP) is 4.62. The van der Waals surface area contributed by atoms with Crippen molar-refractivity contribution < 1.29 is 14.3 Å². The SMILES string of the molecule is CCCC(CCC)(Oc1ccc(Cl)cc1)C(=O)OCC. The monoisotopic (exact) mass is 298 g/mol. The summed E-state index contributed by atoms with van der Waals surface area (Å²) in [5.74, 6) is 0.364. The molecule has 0 aliphatic carbocycles. The number of hydrogen-bond donors (Lipinski definition) is 0. The Hall–Kier alpha value is -1.22. The third-order valence-corrected chi connectivity index (χ3v) is 3.33. The first kappa shape index (κ1) is 16.8. The van der Waals surface area contributed by atoms with Gasteiger partial charge < -0.3 is 9.47 Å². The number of halogens is 1. The van der Waals surface area contributed by atoms with Crippen LogP contribution in [0, 0.1) is 0 Å². The summed E-state index contributed by atoms with van der Waals surface area (Å²) in [6, 6.07) is 7.07. The molecular weight excluding hydrogens is 276 g/mol. The predicted molar refractivity (Wildman–Crippen MR) is 81.3 cm³/mol. The molecule has 1 aromatic rings. The molecule has 20 heavy (non-hydrogen) atoms. The van der Waals surface area contributed by atoms with Gasteiger partial charge in [-0.05, 0) is 44.0 Å². The van der Waals surface area contributed by atoms with Gasteiger partial charge in [0.2, 0.25) is 5.60 Å². The van der Waals surface area contributed by atoms with E-state index in [0.29, 0.717) is 30.2 Å². The second-order valence-corrected chi connectivity index (χ2v) is 5.21. The number of ether oxygens (including phenoxy) is 2. The highest BCUT2D eigenvalue weighted by molar-refractivity contribution is 6.30. The Bertz CT molecular complexity index is 408. The molecule has 4 heteroatoms. The zero-order chi connectivity index (χ0) is 15.0. The standard InChI is InChI=1S/C16H23ClO3/c1-4-11-16(12-5-2,15(18)19-6-3)20-14-9-7-13(17)8-10-14/h7-10H,4-6,11-12H2,1-3H3. The Labute approximate surface area is 126 Å². The normalized spacial score (nSPS) is 11.2. The van der Waals surface area contributed by atoms with Crippen LogP contribution in [0.15, 0.2) is 24.3 Å². The summed E-state index contributed by atoms with van der Waals surface area (Å²) in [5.41, 5.74) is -0.895. The van der Waals surface area contributed by atoms with Crippen molar-refractivity contribution in [3.8, 4) is 5.75 Å². The topological polar surface area (TPSA) is 35.5 Å². The summed E-state index contributed by atoms with van der Waals surface area (Å²) in [5, 5.41) is 0.644. The molecule has 0 fully saturated rings. The van der Waals surface area contributed by atoms with Crippen molar-refractivity contribution >= 4 is 17.6 Å². The van der Waals surface area contributed by atoms with Crippen LogP contribution in [0.1, 0.15) is 46.5 Å². The van der Waals surface area contributed by atoms with E-state index >= 15 is 0 Å². The van der Waals surface area contributed by atoms with E-state index in [1.54, 1.807) is 24.3 Å². The Kier molecular flexibility index (Phi) is 6.86. The summed E-state index contributed by atoms with van der Waals surface area (Å²) in [6.45, 7) is 6.24. The molecule has 0 N–H and O–H groups in total. The molecule has 0 bridgehead atoms. The number of hydrogen-bond acceptors (Lipinski definition) is 3. The van der Waals surface area contributed by atoms with Crippen LogP contribution in [0.25, 0.3) is 0 Å². The van der Waals surface area contributed by atoms with Crippen LogP contribution < -0.4 is 4.74 Å². The van der Waals surface area contributed by atoms with E-state index in [9.17, 15) is 4.79 Å². The second-order valence-electron chi connectivity index (χ2n) is 4.77. The van der Waals surface area contributed by atoms with Gasteiger partial charge in [0.25, 0.3) is 0 Å². The zero-order valence-electron chi connectivity index (χ0n) is 12.4. The molecule has 0 unspecified atom stereocenters. The van der Waals surface area contributed by atoms with Gasteiger partial charge in [-0.25, -0.2) is 4.79 Å². The van der Waals surface area contributed by atoms with Crippen molar-refractivity contribution in [2.75, 3.05) is 6.61 Å². The Balaban J connectivity index is 3.00. The van der Waals surface area contributed by atoms with Crippen LogP contribution in [-0.4, -0.2) is 18.2 Å². The lowest BCUT2D eigenvalue weighted by molar-refractivity contribution is -0.163. The van der Waals surface area contributed by atoms with Gasteiger partial charge in [-0.2, -0.15) is 0 Å². The van der Waals surface area contributed by atoms with Gasteiger partial charge in [-0.3, -0.25) is 0 Å². The van der Waals surface area contributed by atoms with E-state index < -0.39 is 5.60 Å².